The highest BCUT2D eigenvalue weighted by Gasteiger charge is 2.16. The summed E-state index contributed by atoms with van der Waals surface area (Å²) in [6.07, 6.45) is 3.12. The molecule has 3 aromatic rings. The molecule has 0 spiro atoms. The fraction of sp³-hybridized carbons (Fsp3) is 0.167. The maximum atomic E-state index is 12.0. The molecule has 0 atom stereocenters. The molecular weight excluding hydrogens is 362 g/mol. The number of nitrogens with zero attached hydrogens (tertiary/aromatic N) is 2. The SMILES string of the molecule is CN1CC=C(c2ccc(C(N)=O)c(-c3ccc(Oc4ccccc4)cc3)n2)CC1. The molecule has 0 saturated heterocycles. The third kappa shape index (κ3) is 4.36. The van der Waals surface area contributed by atoms with E-state index >= 15 is 0 Å². The summed E-state index contributed by atoms with van der Waals surface area (Å²) in [5.74, 6) is 1.00. The topological polar surface area (TPSA) is 68.5 Å². The highest BCUT2D eigenvalue weighted by Crippen LogP contribution is 2.29. The number of hydrogen-bond acceptors (Lipinski definition) is 4. The summed E-state index contributed by atoms with van der Waals surface area (Å²) < 4.78 is 5.85. The van der Waals surface area contributed by atoms with E-state index in [-0.39, 0.29) is 0 Å². The van der Waals surface area contributed by atoms with Crippen molar-refractivity contribution in [2.75, 3.05) is 20.1 Å². The molecule has 29 heavy (non-hydrogen) atoms. The Morgan fingerprint density at radius 3 is 2.38 bits per heavy atom. The molecule has 0 fully saturated rings. The van der Waals surface area contributed by atoms with E-state index in [1.807, 2.05) is 60.7 Å². The van der Waals surface area contributed by atoms with Crippen LogP contribution in [0.25, 0.3) is 16.8 Å². The molecule has 5 heteroatoms. The molecule has 0 aliphatic carbocycles. The van der Waals surface area contributed by atoms with Crippen molar-refractivity contribution in [3.63, 3.8) is 0 Å². The molecule has 0 bridgehead atoms. The predicted octanol–water partition coefficient (Wildman–Crippen LogP) is 4.36. The van der Waals surface area contributed by atoms with E-state index in [2.05, 4.69) is 18.0 Å². The van der Waals surface area contributed by atoms with E-state index < -0.39 is 5.91 Å². The normalized spacial score (nSPS) is 14.3. The van der Waals surface area contributed by atoms with E-state index in [9.17, 15) is 4.79 Å². The monoisotopic (exact) mass is 385 g/mol. The molecule has 5 nitrogen and oxygen atoms in total. The lowest BCUT2D eigenvalue weighted by Gasteiger charge is -2.22. The summed E-state index contributed by atoms with van der Waals surface area (Å²) in [6, 6.07) is 20.8. The van der Waals surface area contributed by atoms with Crippen molar-refractivity contribution < 1.29 is 9.53 Å². The van der Waals surface area contributed by atoms with Crippen molar-refractivity contribution in [3.8, 4) is 22.8 Å². The molecule has 2 aromatic carbocycles. The summed E-state index contributed by atoms with van der Waals surface area (Å²) in [4.78, 5) is 19.0. The number of pyridine rings is 1. The van der Waals surface area contributed by atoms with Crippen LogP contribution < -0.4 is 10.5 Å². The Morgan fingerprint density at radius 1 is 1.00 bits per heavy atom. The van der Waals surface area contributed by atoms with Crippen LogP contribution in [-0.4, -0.2) is 35.9 Å². The molecular formula is C24H23N3O2. The van der Waals surface area contributed by atoms with Gasteiger partial charge in [-0.1, -0.05) is 24.3 Å². The van der Waals surface area contributed by atoms with E-state index in [1.165, 1.54) is 5.57 Å². The number of rotatable bonds is 5. The number of para-hydroxylation sites is 1. The van der Waals surface area contributed by atoms with Crippen molar-refractivity contribution in [2.45, 2.75) is 6.42 Å². The molecule has 146 valence electrons. The van der Waals surface area contributed by atoms with Crippen LogP contribution in [0.5, 0.6) is 11.5 Å². The Balaban J connectivity index is 1.65. The van der Waals surface area contributed by atoms with Crippen molar-refractivity contribution in [1.29, 1.82) is 0 Å². The number of benzene rings is 2. The number of nitrogens with two attached hydrogens (primary N) is 1. The number of primary amides is 1. The molecule has 0 radical (unpaired) electrons. The van der Waals surface area contributed by atoms with Gasteiger partial charge in [0, 0.05) is 18.7 Å². The van der Waals surface area contributed by atoms with E-state index in [1.54, 1.807) is 6.07 Å². The highest BCUT2D eigenvalue weighted by molar-refractivity contribution is 5.99. The van der Waals surface area contributed by atoms with Gasteiger partial charge in [0.2, 0.25) is 0 Å². The highest BCUT2D eigenvalue weighted by atomic mass is 16.5. The standard InChI is InChI=1S/C24H23N3O2/c1-27-15-13-17(14-16-27)22-12-11-21(24(25)28)23(26-22)18-7-9-20(10-8-18)29-19-5-3-2-4-6-19/h2-13H,14-16H2,1H3,(H2,25,28). The first-order valence-corrected chi connectivity index (χ1v) is 9.62. The molecule has 1 amide bonds. The number of aromatic nitrogens is 1. The molecule has 1 aliphatic rings. The van der Waals surface area contributed by atoms with E-state index in [0.29, 0.717) is 11.3 Å². The Morgan fingerprint density at radius 2 is 1.72 bits per heavy atom. The van der Waals surface area contributed by atoms with Gasteiger partial charge in [-0.25, -0.2) is 4.98 Å². The summed E-state index contributed by atoms with van der Waals surface area (Å²) >= 11 is 0. The third-order valence-electron chi connectivity index (χ3n) is 5.01. The maximum absolute atomic E-state index is 12.0. The van der Waals surface area contributed by atoms with Gasteiger partial charge < -0.3 is 15.4 Å². The van der Waals surface area contributed by atoms with Crippen LogP contribution in [0.2, 0.25) is 0 Å². The van der Waals surface area contributed by atoms with Crippen molar-refractivity contribution in [1.82, 2.24) is 9.88 Å². The Kier molecular flexibility index (Phi) is 5.40. The van der Waals surface area contributed by atoms with Gasteiger partial charge in [0.05, 0.1) is 17.0 Å². The average molecular weight is 385 g/mol. The number of likely N-dealkylation sites (N-methyl/N-ethyl adjacent to an activating group) is 1. The van der Waals surface area contributed by atoms with Gasteiger partial charge >= 0.3 is 0 Å². The Bertz CT molecular complexity index is 1040. The first-order valence-electron chi connectivity index (χ1n) is 9.62. The van der Waals surface area contributed by atoms with Crippen molar-refractivity contribution in [2.24, 2.45) is 5.73 Å². The lowest BCUT2D eigenvalue weighted by atomic mass is 10.00. The largest absolute Gasteiger partial charge is 0.457 e. The number of hydrogen-bond donors (Lipinski definition) is 1. The zero-order valence-corrected chi connectivity index (χ0v) is 16.3. The second-order valence-electron chi connectivity index (χ2n) is 7.14. The van der Waals surface area contributed by atoms with E-state index in [0.717, 1.165) is 42.3 Å². The molecule has 2 heterocycles. The minimum atomic E-state index is -0.485. The molecule has 1 aromatic heterocycles. The summed E-state index contributed by atoms with van der Waals surface area (Å²) in [5, 5.41) is 0. The fourth-order valence-corrected chi connectivity index (χ4v) is 3.37. The lowest BCUT2D eigenvalue weighted by Crippen LogP contribution is -2.24. The first kappa shape index (κ1) is 18.9. The summed E-state index contributed by atoms with van der Waals surface area (Å²) in [7, 11) is 2.10. The molecule has 0 unspecified atom stereocenters. The van der Waals surface area contributed by atoms with Gasteiger partial charge in [0.1, 0.15) is 11.5 Å². The average Bonchev–Trinajstić information content (AvgIpc) is 2.75. The van der Waals surface area contributed by atoms with E-state index in [4.69, 9.17) is 15.5 Å². The number of amides is 1. The van der Waals surface area contributed by atoms with Crippen LogP contribution in [0.3, 0.4) is 0 Å². The van der Waals surface area contributed by atoms with Gasteiger partial charge in [-0.3, -0.25) is 4.79 Å². The first-order chi connectivity index (χ1) is 14.1. The van der Waals surface area contributed by atoms with Crippen LogP contribution in [-0.2, 0) is 0 Å². The fourth-order valence-electron chi connectivity index (χ4n) is 3.37. The van der Waals surface area contributed by atoms with Gasteiger partial charge in [-0.2, -0.15) is 0 Å². The lowest BCUT2D eigenvalue weighted by molar-refractivity contribution is 0.100. The third-order valence-corrected chi connectivity index (χ3v) is 5.01. The number of carbonyl (C=O) groups is 1. The van der Waals surface area contributed by atoms with Crippen LogP contribution >= 0.6 is 0 Å². The quantitative estimate of drug-likeness (QED) is 0.709. The van der Waals surface area contributed by atoms with Crippen LogP contribution in [0.1, 0.15) is 22.5 Å². The van der Waals surface area contributed by atoms with Crippen LogP contribution in [0.15, 0.2) is 72.8 Å². The van der Waals surface area contributed by atoms with Crippen LogP contribution in [0, 0.1) is 0 Å². The van der Waals surface area contributed by atoms with Crippen molar-refractivity contribution in [3.05, 3.63) is 84.1 Å². The van der Waals surface area contributed by atoms with Crippen LogP contribution in [0.4, 0.5) is 0 Å². The molecule has 2 N–H and O–H groups in total. The van der Waals surface area contributed by atoms with Gasteiger partial charge in [0.25, 0.3) is 5.91 Å². The zero-order valence-electron chi connectivity index (χ0n) is 16.3. The Hall–Kier alpha value is -3.44. The molecule has 0 saturated carbocycles. The maximum Gasteiger partial charge on any atom is 0.250 e. The predicted molar refractivity (Wildman–Crippen MR) is 115 cm³/mol. The minimum Gasteiger partial charge on any atom is -0.457 e. The smallest absolute Gasteiger partial charge is 0.250 e. The minimum absolute atomic E-state index is 0.416. The van der Waals surface area contributed by atoms with Crippen molar-refractivity contribution >= 4 is 11.5 Å². The summed E-state index contributed by atoms with van der Waals surface area (Å²) in [5.41, 5.74) is 9.54. The second-order valence-corrected chi connectivity index (χ2v) is 7.14. The summed E-state index contributed by atoms with van der Waals surface area (Å²) in [6.45, 7) is 1.89. The zero-order chi connectivity index (χ0) is 20.2. The Labute approximate surface area is 170 Å². The molecule has 4 rings (SSSR count). The number of ether oxygens (including phenoxy) is 1. The second kappa shape index (κ2) is 8.29. The van der Waals surface area contributed by atoms with Gasteiger partial charge in [-0.15, -0.1) is 0 Å². The molecule has 1 aliphatic heterocycles. The van der Waals surface area contributed by atoms with Gasteiger partial charge in [-0.05, 0) is 67.6 Å². The van der Waals surface area contributed by atoms with Gasteiger partial charge in [0.15, 0.2) is 0 Å². The number of carbonyl (C=O) groups excluding carboxylic acids is 1.